The van der Waals surface area contributed by atoms with E-state index in [9.17, 15) is 0 Å². The third kappa shape index (κ3) is 3.72. The number of nitrogens with zero attached hydrogens (tertiary/aromatic N) is 1. The van der Waals surface area contributed by atoms with Crippen LogP contribution < -0.4 is 10.1 Å². The Labute approximate surface area is 110 Å². The third-order valence-electron chi connectivity index (χ3n) is 3.47. The van der Waals surface area contributed by atoms with Gasteiger partial charge in [-0.3, -0.25) is 4.90 Å². The van der Waals surface area contributed by atoms with Crippen molar-refractivity contribution in [2.75, 3.05) is 32.9 Å². The average Bonchev–Trinajstić information content (AvgIpc) is 2.45. The van der Waals surface area contributed by atoms with E-state index in [0.29, 0.717) is 6.73 Å². The molecule has 0 saturated carbocycles. The first-order valence-electron chi connectivity index (χ1n) is 7.00. The summed E-state index contributed by atoms with van der Waals surface area (Å²) in [5, 5.41) is 3.35. The molecule has 0 bridgehead atoms. The highest BCUT2D eigenvalue weighted by Gasteiger charge is 2.09. The molecule has 3 nitrogen and oxygen atoms in total. The summed E-state index contributed by atoms with van der Waals surface area (Å²) >= 11 is 0. The summed E-state index contributed by atoms with van der Waals surface area (Å²) in [7, 11) is 0. The second kappa shape index (κ2) is 6.76. The van der Waals surface area contributed by atoms with Crippen molar-refractivity contribution in [2.45, 2.75) is 26.7 Å². The number of rotatable bonds is 5. The first-order valence-corrected chi connectivity index (χ1v) is 7.00. The highest BCUT2D eigenvalue weighted by atomic mass is 16.5. The van der Waals surface area contributed by atoms with Gasteiger partial charge in [0.15, 0.2) is 0 Å². The van der Waals surface area contributed by atoms with Crippen LogP contribution in [0.4, 0.5) is 0 Å². The molecule has 3 heteroatoms. The lowest BCUT2D eigenvalue weighted by Crippen LogP contribution is -2.44. The molecule has 1 aliphatic rings. The lowest BCUT2D eigenvalue weighted by atomic mass is 10.1. The number of benzene rings is 1. The molecule has 1 aromatic carbocycles. The molecule has 1 heterocycles. The van der Waals surface area contributed by atoms with Crippen molar-refractivity contribution in [3.63, 3.8) is 0 Å². The first-order chi connectivity index (χ1) is 8.81. The van der Waals surface area contributed by atoms with E-state index in [1.165, 1.54) is 11.1 Å². The summed E-state index contributed by atoms with van der Waals surface area (Å²) in [6, 6.07) is 6.61. The molecular formula is C15H24N2O. The summed E-state index contributed by atoms with van der Waals surface area (Å²) in [4.78, 5) is 2.35. The van der Waals surface area contributed by atoms with Crippen molar-refractivity contribution in [3.8, 4) is 5.75 Å². The van der Waals surface area contributed by atoms with Gasteiger partial charge in [0.2, 0.25) is 0 Å². The lowest BCUT2D eigenvalue weighted by Gasteiger charge is -2.27. The Bertz CT molecular complexity index is 351. The van der Waals surface area contributed by atoms with E-state index in [1.54, 1.807) is 0 Å². The van der Waals surface area contributed by atoms with Crippen LogP contribution in [0.25, 0.3) is 0 Å². The van der Waals surface area contributed by atoms with Crippen LogP contribution >= 0.6 is 0 Å². The van der Waals surface area contributed by atoms with Crippen LogP contribution in [-0.4, -0.2) is 37.8 Å². The minimum Gasteiger partial charge on any atom is -0.478 e. The largest absolute Gasteiger partial charge is 0.478 e. The molecule has 2 rings (SSSR count). The molecule has 0 unspecified atom stereocenters. The number of nitrogens with one attached hydrogen (secondary N) is 1. The monoisotopic (exact) mass is 248 g/mol. The van der Waals surface area contributed by atoms with Gasteiger partial charge in [0, 0.05) is 26.2 Å². The van der Waals surface area contributed by atoms with Gasteiger partial charge in [0.05, 0.1) is 0 Å². The van der Waals surface area contributed by atoms with Crippen molar-refractivity contribution in [1.82, 2.24) is 10.2 Å². The van der Waals surface area contributed by atoms with Crippen LogP contribution in [0.2, 0.25) is 0 Å². The molecule has 1 saturated heterocycles. The number of hydrogen-bond donors (Lipinski definition) is 1. The molecule has 0 spiro atoms. The maximum Gasteiger partial charge on any atom is 0.142 e. The van der Waals surface area contributed by atoms with E-state index in [0.717, 1.165) is 44.8 Å². The Balaban J connectivity index is 1.94. The quantitative estimate of drug-likeness (QED) is 0.863. The maximum absolute atomic E-state index is 5.93. The molecule has 1 aromatic rings. The highest BCUT2D eigenvalue weighted by Crippen LogP contribution is 2.18. The topological polar surface area (TPSA) is 24.5 Å². The Kier molecular flexibility index (Phi) is 5.02. The molecule has 1 aliphatic heterocycles. The van der Waals surface area contributed by atoms with Gasteiger partial charge in [-0.2, -0.15) is 0 Å². The zero-order valence-electron chi connectivity index (χ0n) is 11.5. The second-order valence-electron chi connectivity index (χ2n) is 4.83. The van der Waals surface area contributed by atoms with E-state index in [4.69, 9.17) is 4.74 Å². The standard InChI is InChI=1S/C15H24N2O/c1-3-13-9-14(4-2)11-15(10-13)18-12-17-7-5-16-6-8-17/h9-11,16H,3-8,12H2,1-2H3. The maximum atomic E-state index is 5.93. The Morgan fingerprint density at radius 1 is 1.06 bits per heavy atom. The van der Waals surface area contributed by atoms with E-state index < -0.39 is 0 Å². The molecule has 0 atom stereocenters. The third-order valence-corrected chi connectivity index (χ3v) is 3.47. The van der Waals surface area contributed by atoms with E-state index in [1.807, 2.05) is 0 Å². The van der Waals surface area contributed by atoms with Crippen LogP contribution in [0.1, 0.15) is 25.0 Å². The Hall–Kier alpha value is -1.06. The van der Waals surface area contributed by atoms with E-state index in [2.05, 4.69) is 42.3 Å². The fraction of sp³-hybridized carbons (Fsp3) is 0.600. The molecule has 1 N–H and O–H groups in total. The number of ether oxygens (including phenoxy) is 1. The van der Waals surface area contributed by atoms with Crippen molar-refractivity contribution in [2.24, 2.45) is 0 Å². The van der Waals surface area contributed by atoms with Gasteiger partial charge >= 0.3 is 0 Å². The van der Waals surface area contributed by atoms with Gasteiger partial charge in [0.1, 0.15) is 12.5 Å². The van der Waals surface area contributed by atoms with Crippen LogP contribution in [0.15, 0.2) is 18.2 Å². The molecule has 0 radical (unpaired) electrons. The normalized spacial score (nSPS) is 16.8. The predicted octanol–water partition coefficient (Wildman–Crippen LogP) is 2.05. The zero-order chi connectivity index (χ0) is 12.8. The molecule has 0 aliphatic carbocycles. The van der Waals surface area contributed by atoms with Gasteiger partial charge in [-0.15, -0.1) is 0 Å². The molecule has 0 aromatic heterocycles. The van der Waals surface area contributed by atoms with Crippen molar-refractivity contribution < 1.29 is 4.74 Å². The SMILES string of the molecule is CCc1cc(CC)cc(OCN2CCNCC2)c1. The van der Waals surface area contributed by atoms with Crippen molar-refractivity contribution in [3.05, 3.63) is 29.3 Å². The average molecular weight is 248 g/mol. The molecule has 18 heavy (non-hydrogen) atoms. The van der Waals surface area contributed by atoms with Crippen LogP contribution in [0.3, 0.4) is 0 Å². The van der Waals surface area contributed by atoms with Crippen LogP contribution in [0.5, 0.6) is 5.75 Å². The fourth-order valence-corrected chi connectivity index (χ4v) is 2.23. The second-order valence-corrected chi connectivity index (χ2v) is 4.83. The first kappa shape index (κ1) is 13.4. The summed E-state index contributed by atoms with van der Waals surface area (Å²) in [5.41, 5.74) is 2.73. The lowest BCUT2D eigenvalue weighted by molar-refractivity contribution is 0.113. The van der Waals surface area contributed by atoms with Gasteiger partial charge in [0.25, 0.3) is 0 Å². The minimum absolute atomic E-state index is 0.706. The molecule has 0 amide bonds. The molecule has 1 fully saturated rings. The zero-order valence-corrected chi connectivity index (χ0v) is 11.5. The molecule has 100 valence electrons. The number of hydrogen-bond acceptors (Lipinski definition) is 3. The Morgan fingerprint density at radius 2 is 1.67 bits per heavy atom. The smallest absolute Gasteiger partial charge is 0.142 e. The number of piperazine rings is 1. The predicted molar refractivity (Wildman–Crippen MR) is 75.1 cm³/mol. The highest BCUT2D eigenvalue weighted by molar-refractivity contribution is 5.34. The molecular weight excluding hydrogens is 224 g/mol. The minimum atomic E-state index is 0.706. The van der Waals surface area contributed by atoms with Gasteiger partial charge in [-0.05, 0) is 36.1 Å². The van der Waals surface area contributed by atoms with Gasteiger partial charge < -0.3 is 10.1 Å². The summed E-state index contributed by atoms with van der Waals surface area (Å²) in [6.45, 7) is 9.38. The van der Waals surface area contributed by atoms with Crippen molar-refractivity contribution >= 4 is 0 Å². The Morgan fingerprint density at radius 3 is 2.22 bits per heavy atom. The van der Waals surface area contributed by atoms with E-state index in [-0.39, 0.29) is 0 Å². The number of aryl methyl sites for hydroxylation is 2. The van der Waals surface area contributed by atoms with Gasteiger partial charge in [-0.25, -0.2) is 0 Å². The summed E-state index contributed by atoms with van der Waals surface area (Å²) in [6.07, 6.45) is 2.13. The van der Waals surface area contributed by atoms with E-state index >= 15 is 0 Å². The van der Waals surface area contributed by atoms with Crippen LogP contribution in [-0.2, 0) is 12.8 Å². The van der Waals surface area contributed by atoms with Gasteiger partial charge in [-0.1, -0.05) is 19.9 Å². The van der Waals surface area contributed by atoms with Crippen LogP contribution in [0, 0.1) is 0 Å². The van der Waals surface area contributed by atoms with Crippen molar-refractivity contribution in [1.29, 1.82) is 0 Å². The summed E-state index contributed by atoms with van der Waals surface area (Å²) < 4.78 is 5.93. The fourth-order valence-electron chi connectivity index (χ4n) is 2.23. The summed E-state index contributed by atoms with van der Waals surface area (Å²) in [5.74, 6) is 1.02.